The van der Waals surface area contributed by atoms with Crippen molar-refractivity contribution in [3.8, 4) is 5.75 Å². The van der Waals surface area contributed by atoms with Gasteiger partial charge in [-0.2, -0.15) is 0 Å². The molecule has 2 aromatic carbocycles. The number of nitrogens with two attached hydrogens (primary N) is 1. The predicted octanol–water partition coefficient (Wildman–Crippen LogP) is 4.81. The van der Waals surface area contributed by atoms with Crippen LogP contribution in [-0.2, 0) is 6.61 Å². The first-order chi connectivity index (χ1) is 8.56. The van der Waals surface area contributed by atoms with E-state index in [0.29, 0.717) is 33.1 Å². The standard InChI is InChI=1S/C13H10Cl3NO/c14-9-2-1-8(12(17)5-9)7-18-13-6-10(15)3-4-11(13)16/h1-6H,7,17H2. The maximum atomic E-state index is 5.99. The molecular weight excluding hydrogens is 293 g/mol. The summed E-state index contributed by atoms with van der Waals surface area (Å²) in [5.74, 6) is 0.526. The molecule has 0 aliphatic carbocycles. The van der Waals surface area contributed by atoms with E-state index in [-0.39, 0.29) is 0 Å². The van der Waals surface area contributed by atoms with Gasteiger partial charge in [0.25, 0.3) is 0 Å². The van der Waals surface area contributed by atoms with E-state index < -0.39 is 0 Å². The van der Waals surface area contributed by atoms with Gasteiger partial charge in [0, 0.05) is 27.4 Å². The molecule has 0 saturated carbocycles. The van der Waals surface area contributed by atoms with Crippen LogP contribution in [0.3, 0.4) is 0 Å². The molecule has 2 aromatic rings. The molecule has 0 heterocycles. The molecule has 0 aliphatic rings. The zero-order chi connectivity index (χ0) is 13.1. The highest BCUT2D eigenvalue weighted by atomic mass is 35.5. The molecule has 0 aromatic heterocycles. The third-order valence-electron chi connectivity index (χ3n) is 2.38. The number of ether oxygens (including phenoxy) is 1. The van der Waals surface area contributed by atoms with Crippen molar-refractivity contribution >= 4 is 40.5 Å². The van der Waals surface area contributed by atoms with Crippen LogP contribution in [0, 0.1) is 0 Å². The molecule has 0 unspecified atom stereocenters. The molecule has 0 bridgehead atoms. The fraction of sp³-hybridized carbons (Fsp3) is 0.0769. The van der Waals surface area contributed by atoms with E-state index in [9.17, 15) is 0 Å². The van der Waals surface area contributed by atoms with Crippen molar-refractivity contribution in [2.45, 2.75) is 6.61 Å². The Morgan fingerprint density at radius 2 is 1.61 bits per heavy atom. The van der Waals surface area contributed by atoms with Gasteiger partial charge in [-0.15, -0.1) is 0 Å². The van der Waals surface area contributed by atoms with Crippen LogP contribution in [0.5, 0.6) is 5.75 Å². The second-order valence-electron chi connectivity index (χ2n) is 3.71. The summed E-state index contributed by atoms with van der Waals surface area (Å²) in [6, 6.07) is 10.3. The average Bonchev–Trinajstić information content (AvgIpc) is 2.32. The van der Waals surface area contributed by atoms with Crippen LogP contribution in [0.4, 0.5) is 5.69 Å². The van der Waals surface area contributed by atoms with E-state index in [0.717, 1.165) is 5.56 Å². The van der Waals surface area contributed by atoms with Gasteiger partial charge in [0.2, 0.25) is 0 Å². The van der Waals surface area contributed by atoms with Crippen molar-refractivity contribution in [3.05, 3.63) is 57.0 Å². The Morgan fingerprint density at radius 3 is 2.33 bits per heavy atom. The van der Waals surface area contributed by atoms with Crippen LogP contribution in [0.15, 0.2) is 36.4 Å². The Bertz CT molecular complexity index is 572. The summed E-state index contributed by atoms with van der Waals surface area (Å²) in [7, 11) is 0. The largest absolute Gasteiger partial charge is 0.487 e. The second kappa shape index (κ2) is 5.70. The number of anilines is 1. The third-order valence-corrected chi connectivity index (χ3v) is 3.17. The van der Waals surface area contributed by atoms with Gasteiger partial charge in [-0.3, -0.25) is 0 Å². The number of nitrogen functional groups attached to an aromatic ring is 1. The van der Waals surface area contributed by atoms with Gasteiger partial charge in [0.1, 0.15) is 12.4 Å². The highest BCUT2D eigenvalue weighted by Gasteiger charge is 2.05. The first-order valence-corrected chi connectivity index (χ1v) is 6.31. The van der Waals surface area contributed by atoms with Gasteiger partial charge in [0.05, 0.1) is 5.02 Å². The lowest BCUT2D eigenvalue weighted by Gasteiger charge is -2.10. The van der Waals surface area contributed by atoms with Crippen LogP contribution >= 0.6 is 34.8 Å². The summed E-state index contributed by atoms with van der Waals surface area (Å²) in [6.07, 6.45) is 0. The molecule has 0 amide bonds. The maximum Gasteiger partial charge on any atom is 0.139 e. The highest BCUT2D eigenvalue weighted by molar-refractivity contribution is 6.34. The topological polar surface area (TPSA) is 35.2 Å². The molecule has 2 rings (SSSR count). The Labute approximate surface area is 120 Å². The molecule has 94 valence electrons. The van der Waals surface area contributed by atoms with Crippen molar-refractivity contribution in [2.24, 2.45) is 0 Å². The van der Waals surface area contributed by atoms with Crippen LogP contribution in [0.2, 0.25) is 15.1 Å². The quantitative estimate of drug-likeness (QED) is 0.826. The first-order valence-electron chi connectivity index (χ1n) is 5.18. The summed E-state index contributed by atoms with van der Waals surface area (Å²) < 4.78 is 5.58. The Balaban J connectivity index is 2.13. The van der Waals surface area contributed by atoms with Crippen molar-refractivity contribution in [3.63, 3.8) is 0 Å². The Kier molecular flexibility index (Phi) is 4.23. The van der Waals surface area contributed by atoms with E-state index in [4.69, 9.17) is 45.3 Å². The zero-order valence-corrected chi connectivity index (χ0v) is 11.6. The molecule has 0 radical (unpaired) electrons. The lowest BCUT2D eigenvalue weighted by Crippen LogP contribution is -2.00. The summed E-state index contributed by atoms with van der Waals surface area (Å²) in [5, 5.41) is 1.67. The second-order valence-corrected chi connectivity index (χ2v) is 4.99. The van der Waals surface area contributed by atoms with E-state index in [1.807, 2.05) is 6.07 Å². The predicted molar refractivity (Wildman–Crippen MR) is 76.7 cm³/mol. The Hall–Kier alpha value is -1.09. The minimum atomic E-state index is 0.309. The number of benzene rings is 2. The molecule has 0 fully saturated rings. The molecule has 0 aliphatic heterocycles. The van der Waals surface area contributed by atoms with E-state index >= 15 is 0 Å². The highest BCUT2D eigenvalue weighted by Crippen LogP contribution is 2.29. The molecule has 2 N–H and O–H groups in total. The molecular formula is C13H10Cl3NO. The third kappa shape index (κ3) is 3.22. The number of hydrogen-bond donors (Lipinski definition) is 1. The van der Waals surface area contributed by atoms with E-state index in [1.165, 1.54) is 0 Å². The number of hydrogen-bond acceptors (Lipinski definition) is 2. The van der Waals surface area contributed by atoms with Crippen molar-refractivity contribution in [2.75, 3.05) is 5.73 Å². The lowest BCUT2D eigenvalue weighted by atomic mass is 10.2. The van der Waals surface area contributed by atoms with E-state index in [1.54, 1.807) is 30.3 Å². The van der Waals surface area contributed by atoms with Gasteiger partial charge in [-0.25, -0.2) is 0 Å². The summed E-state index contributed by atoms with van der Waals surface area (Å²) in [6.45, 7) is 0.309. The molecule has 2 nitrogen and oxygen atoms in total. The van der Waals surface area contributed by atoms with Crippen LogP contribution in [-0.4, -0.2) is 0 Å². The smallest absolute Gasteiger partial charge is 0.139 e. The van der Waals surface area contributed by atoms with Gasteiger partial charge >= 0.3 is 0 Å². The molecule has 18 heavy (non-hydrogen) atoms. The summed E-state index contributed by atoms with van der Waals surface area (Å²) >= 11 is 17.7. The fourth-order valence-electron chi connectivity index (χ4n) is 1.44. The lowest BCUT2D eigenvalue weighted by molar-refractivity contribution is 0.307. The van der Waals surface area contributed by atoms with Gasteiger partial charge < -0.3 is 10.5 Å². The minimum absolute atomic E-state index is 0.309. The van der Waals surface area contributed by atoms with Crippen LogP contribution in [0.1, 0.15) is 5.56 Å². The monoisotopic (exact) mass is 301 g/mol. The van der Waals surface area contributed by atoms with Gasteiger partial charge in [-0.05, 0) is 24.3 Å². The first kappa shape index (κ1) is 13.3. The molecule has 5 heteroatoms. The van der Waals surface area contributed by atoms with Crippen molar-refractivity contribution in [1.82, 2.24) is 0 Å². The summed E-state index contributed by atoms with van der Waals surface area (Å²) in [5.41, 5.74) is 7.26. The van der Waals surface area contributed by atoms with Crippen LogP contribution < -0.4 is 10.5 Å². The minimum Gasteiger partial charge on any atom is -0.487 e. The van der Waals surface area contributed by atoms with Crippen molar-refractivity contribution in [1.29, 1.82) is 0 Å². The summed E-state index contributed by atoms with van der Waals surface area (Å²) in [4.78, 5) is 0. The normalized spacial score (nSPS) is 10.4. The molecule has 0 saturated heterocycles. The average molecular weight is 303 g/mol. The Morgan fingerprint density at radius 1 is 0.944 bits per heavy atom. The van der Waals surface area contributed by atoms with Gasteiger partial charge in [-0.1, -0.05) is 40.9 Å². The SMILES string of the molecule is Nc1cc(Cl)ccc1COc1cc(Cl)ccc1Cl. The molecule has 0 atom stereocenters. The fourth-order valence-corrected chi connectivity index (χ4v) is 1.96. The number of halogens is 3. The maximum absolute atomic E-state index is 5.99. The number of rotatable bonds is 3. The van der Waals surface area contributed by atoms with Crippen LogP contribution in [0.25, 0.3) is 0 Å². The van der Waals surface area contributed by atoms with Crippen molar-refractivity contribution < 1.29 is 4.74 Å². The van der Waals surface area contributed by atoms with E-state index in [2.05, 4.69) is 0 Å². The molecule has 0 spiro atoms. The van der Waals surface area contributed by atoms with Gasteiger partial charge in [0.15, 0.2) is 0 Å². The zero-order valence-electron chi connectivity index (χ0n) is 9.29.